The molecule has 13 heteroatoms. The molecule has 4 rings (SSSR count). The lowest BCUT2D eigenvalue weighted by Gasteiger charge is -2.36. The molecule has 0 saturated carbocycles. The number of piperidine rings is 1. The van der Waals surface area contributed by atoms with Crippen LogP contribution >= 0.6 is 0 Å². The van der Waals surface area contributed by atoms with Crippen molar-refractivity contribution in [1.29, 1.82) is 0 Å². The Balaban J connectivity index is 1.53. The van der Waals surface area contributed by atoms with Crippen molar-refractivity contribution in [2.75, 3.05) is 64.7 Å². The van der Waals surface area contributed by atoms with Gasteiger partial charge in [-0.2, -0.15) is 13.2 Å². The Labute approximate surface area is 253 Å². The molecule has 1 fully saturated rings. The van der Waals surface area contributed by atoms with E-state index in [9.17, 15) is 23.1 Å². The van der Waals surface area contributed by atoms with E-state index in [-0.39, 0.29) is 25.4 Å². The predicted molar refractivity (Wildman–Crippen MR) is 159 cm³/mol. The normalized spacial score (nSPS) is 17.9. The van der Waals surface area contributed by atoms with Crippen LogP contribution in [-0.4, -0.2) is 99.2 Å². The minimum atomic E-state index is -4.50. The van der Waals surface area contributed by atoms with Gasteiger partial charge in [0.25, 0.3) is 0 Å². The summed E-state index contributed by atoms with van der Waals surface area (Å²) < 4.78 is 72.1. The highest BCUT2D eigenvalue weighted by molar-refractivity contribution is 5.94. The molecule has 0 aliphatic carbocycles. The number of esters is 1. The Hall–Kier alpha value is -3.99. The number of nitrogens with one attached hydrogen (secondary N) is 2. The zero-order valence-electron chi connectivity index (χ0n) is 24.7. The van der Waals surface area contributed by atoms with Gasteiger partial charge in [0.15, 0.2) is 0 Å². The van der Waals surface area contributed by atoms with Crippen molar-refractivity contribution in [3.63, 3.8) is 0 Å². The quantitative estimate of drug-likeness (QED) is 0.166. The minimum absolute atomic E-state index is 0.0771. The number of aromatic nitrogens is 1. The standard InChI is InChI=1S/C31H36F4N4O5/c1-42-18-22(40)16-38-13-11-26(24(32)17-38)37-25-7-4-8-28-23(25)15-21(39(28)19-31(33,34)35)6-5-12-36-27-10-9-20(30(41)44-3)14-29(27)43-2/h4,7-10,14-15,22,24,26,36-37,40H,11-13,16-19H2,1-3H3. The van der Waals surface area contributed by atoms with Crippen LogP contribution in [-0.2, 0) is 16.0 Å². The third kappa shape index (κ3) is 8.34. The highest BCUT2D eigenvalue weighted by atomic mass is 19.4. The molecule has 9 nitrogen and oxygen atoms in total. The average molecular weight is 621 g/mol. The van der Waals surface area contributed by atoms with Crippen molar-refractivity contribution in [1.82, 2.24) is 9.47 Å². The van der Waals surface area contributed by atoms with Gasteiger partial charge in [-0.3, -0.25) is 4.90 Å². The number of hydrogen-bond acceptors (Lipinski definition) is 8. The Morgan fingerprint density at radius 2 is 1.95 bits per heavy atom. The van der Waals surface area contributed by atoms with Crippen molar-refractivity contribution < 1.29 is 41.7 Å². The van der Waals surface area contributed by atoms with Gasteiger partial charge >= 0.3 is 12.1 Å². The first-order valence-electron chi connectivity index (χ1n) is 14.0. The van der Waals surface area contributed by atoms with Gasteiger partial charge in [0, 0.05) is 37.8 Å². The lowest BCUT2D eigenvalue weighted by molar-refractivity contribution is -0.140. The second-order valence-electron chi connectivity index (χ2n) is 10.5. The van der Waals surface area contributed by atoms with Crippen LogP contribution in [0.25, 0.3) is 10.9 Å². The molecule has 3 unspecified atom stereocenters. The monoisotopic (exact) mass is 620 g/mol. The van der Waals surface area contributed by atoms with Gasteiger partial charge in [0.1, 0.15) is 18.5 Å². The number of carbonyl (C=O) groups is 1. The van der Waals surface area contributed by atoms with Gasteiger partial charge in [-0.1, -0.05) is 12.0 Å². The summed E-state index contributed by atoms with van der Waals surface area (Å²) in [4.78, 5) is 13.6. The Bertz CT molecular complexity index is 1500. The second-order valence-corrected chi connectivity index (χ2v) is 10.5. The van der Waals surface area contributed by atoms with E-state index in [1.807, 2.05) is 4.90 Å². The van der Waals surface area contributed by atoms with E-state index < -0.39 is 37.0 Å². The molecule has 0 spiro atoms. The molecular weight excluding hydrogens is 584 g/mol. The summed E-state index contributed by atoms with van der Waals surface area (Å²) in [6, 6.07) is 10.6. The number of nitrogens with zero attached hydrogens (tertiary/aromatic N) is 2. The summed E-state index contributed by atoms with van der Waals surface area (Å²) in [6.07, 6.45) is -6.02. The van der Waals surface area contributed by atoms with Gasteiger partial charge in [-0.25, -0.2) is 9.18 Å². The number of rotatable bonds is 11. The number of alkyl halides is 4. The van der Waals surface area contributed by atoms with Crippen LogP contribution in [0.1, 0.15) is 22.5 Å². The number of likely N-dealkylation sites (tertiary alicyclic amines) is 1. The number of methoxy groups -OCH3 is 3. The van der Waals surface area contributed by atoms with Crippen LogP contribution in [0, 0.1) is 11.8 Å². The maximum absolute atomic E-state index is 15.2. The Morgan fingerprint density at radius 1 is 1.16 bits per heavy atom. The molecule has 1 aliphatic rings. The molecule has 1 aromatic heterocycles. The fourth-order valence-corrected chi connectivity index (χ4v) is 5.26. The van der Waals surface area contributed by atoms with Crippen LogP contribution < -0.4 is 15.4 Å². The van der Waals surface area contributed by atoms with Crippen LogP contribution in [0.5, 0.6) is 5.75 Å². The number of benzene rings is 2. The molecule has 0 radical (unpaired) electrons. The number of anilines is 2. The summed E-state index contributed by atoms with van der Waals surface area (Å²) in [5.74, 6) is 5.55. The van der Waals surface area contributed by atoms with E-state index in [0.717, 1.165) is 4.57 Å². The zero-order chi connectivity index (χ0) is 31.9. The van der Waals surface area contributed by atoms with Crippen LogP contribution in [0.4, 0.5) is 28.9 Å². The van der Waals surface area contributed by atoms with Gasteiger partial charge in [-0.15, -0.1) is 0 Å². The first-order valence-corrected chi connectivity index (χ1v) is 14.0. The molecule has 3 aromatic rings. The summed E-state index contributed by atoms with van der Waals surface area (Å²) in [5.41, 5.74) is 1.82. The number of β-amino-alcohol motifs (C(OH)–C–C–N with tert-alkyl or cyclic N) is 1. The van der Waals surface area contributed by atoms with Crippen LogP contribution in [0.3, 0.4) is 0 Å². The van der Waals surface area contributed by atoms with Gasteiger partial charge < -0.3 is 34.5 Å². The highest BCUT2D eigenvalue weighted by Crippen LogP contribution is 2.32. The molecule has 2 aromatic carbocycles. The summed E-state index contributed by atoms with van der Waals surface area (Å²) in [7, 11) is 4.20. The number of aliphatic hydroxyl groups excluding tert-OH is 1. The molecule has 2 heterocycles. The van der Waals surface area contributed by atoms with Gasteiger partial charge in [-0.05, 0) is 48.7 Å². The lowest BCUT2D eigenvalue weighted by atomic mass is 10.0. The zero-order valence-corrected chi connectivity index (χ0v) is 24.7. The smallest absolute Gasteiger partial charge is 0.406 e. The highest BCUT2D eigenvalue weighted by Gasteiger charge is 2.32. The average Bonchev–Trinajstić information content (AvgIpc) is 3.32. The second kappa shape index (κ2) is 14.7. The van der Waals surface area contributed by atoms with Crippen molar-refractivity contribution >= 4 is 28.2 Å². The topological polar surface area (TPSA) is 97.2 Å². The number of ether oxygens (including phenoxy) is 3. The molecule has 1 aliphatic heterocycles. The molecule has 44 heavy (non-hydrogen) atoms. The fraction of sp³-hybridized carbons (Fsp3) is 0.452. The molecule has 0 bridgehead atoms. The van der Waals surface area contributed by atoms with E-state index in [1.54, 1.807) is 36.4 Å². The van der Waals surface area contributed by atoms with Crippen molar-refractivity contribution in [2.24, 2.45) is 0 Å². The van der Waals surface area contributed by atoms with E-state index in [4.69, 9.17) is 14.2 Å². The third-order valence-electron chi connectivity index (χ3n) is 7.28. The van der Waals surface area contributed by atoms with Crippen molar-refractivity contribution in [2.45, 2.75) is 37.5 Å². The Morgan fingerprint density at radius 3 is 2.64 bits per heavy atom. The molecule has 1 saturated heterocycles. The summed E-state index contributed by atoms with van der Waals surface area (Å²) in [5, 5.41) is 16.7. The first-order chi connectivity index (χ1) is 21.0. The van der Waals surface area contributed by atoms with Gasteiger partial charge in [0.05, 0.1) is 62.0 Å². The first kappa shape index (κ1) is 32.9. The largest absolute Gasteiger partial charge is 0.495 e. The maximum Gasteiger partial charge on any atom is 0.406 e. The molecular formula is C31H36F4N4O5. The molecule has 3 N–H and O–H groups in total. The molecule has 238 valence electrons. The molecule has 3 atom stereocenters. The van der Waals surface area contributed by atoms with Crippen LogP contribution in [0.2, 0.25) is 0 Å². The third-order valence-corrected chi connectivity index (χ3v) is 7.28. The summed E-state index contributed by atoms with van der Waals surface area (Å²) in [6.45, 7) is -0.0554. The van der Waals surface area contributed by atoms with Gasteiger partial charge in [0.2, 0.25) is 0 Å². The predicted octanol–water partition coefficient (Wildman–Crippen LogP) is 4.29. The van der Waals surface area contributed by atoms with E-state index >= 15 is 4.39 Å². The number of carbonyl (C=O) groups excluding carboxylic acids is 1. The van der Waals surface area contributed by atoms with Crippen LogP contribution in [0.15, 0.2) is 42.5 Å². The van der Waals surface area contributed by atoms with E-state index in [1.165, 1.54) is 27.4 Å². The van der Waals surface area contributed by atoms with E-state index in [0.29, 0.717) is 53.1 Å². The number of halogens is 4. The Kier molecular flexibility index (Phi) is 11.0. The van der Waals surface area contributed by atoms with E-state index in [2.05, 4.69) is 22.5 Å². The number of hydrogen-bond donors (Lipinski definition) is 3. The molecule has 0 amide bonds. The minimum Gasteiger partial charge on any atom is -0.495 e. The number of fused-ring (bicyclic) bond motifs is 1. The number of aliphatic hydroxyl groups is 1. The van der Waals surface area contributed by atoms with Crippen molar-refractivity contribution in [3.8, 4) is 17.6 Å². The maximum atomic E-state index is 15.2. The lowest BCUT2D eigenvalue weighted by Crippen LogP contribution is -2.50. The van der Waals surface area contributed by atoms with Crippen molar-refractivity contribution in [3.05, 3.63) is 53.7 Å². The summed E-state index contributed by atoms with van der Waals surface area (Å²) >= 11 is 0. The SMILES string of the molecule is COCC(O)CN1CCC(Nc2cccc3c2cc(C#CCNc2ccc(C(=O)OC)cc2OC)n3CC(F)(F)F)C(F)C1. The fourth-order valence-electron chi connectivity index (χ4n) is 5.26.